The number of rotatable bonds is 3. The van der Waals surface area contributed by atoms with Crippen molar-refractivity contribution in [3.8, 4) is 0 Å². The minimum atomic E-state index is -0.284. The average Bonchev–Trinajstić information content (AvgIpc) is 1.60. The van der Waals surface area contributed by atoms with Gasteiger partial charge in [0, 0.05) is 0 Å². The Morgan fingerprint density at radius 1 is 1.30 bits per heavy atom. The third kappa shape index (κ3) is 3.47. The largest absolute Gasteiger partial charge is 0.317 e. The zero-order valence-corrected chi connectivity index (χ0v) is 8.28. The predicted molar refractivity (Wildman–Crippen MR) is 50.2 cm³/mol. The van der Waals surface area contributed by atoms with Crippen LogP contribution in [0.1, 0.15) is 34.1 Å². The molecule has 0 rings (SSSR count). The summed E-state index contributed by atoms with van der Waals surface area (Å²) in [4.78, 5) is -0.284. The van der Waals surface area contributed by atoms with Crippen molar-refractivity contribution in [2.75, 3.05) is 0 Å². The summed E-state index contributed by atoms with van der Waals surface area (Å²) in [6.07, 6.45) is 0.980. The Morgan fingerprint density at radius 2 is 1.70 bits per heavy atom. The molecule has 0 saturated carbocycles. The van der Waals surface area contributed by atoms with E-state index in [1.165, 1.54) is 0 Å². The van der Waals surface area contributed by atoms with Crippen LogP contribution >= 0.6 is 12.6 Å². The highest BCUT2D eigenvalue weighted by Crippen LogP contribution is 2.25. The summed E-state index contributed by atoms with van der Waals surface area (Å²) in [6, 6.07) is 0. The average molecular weight is 161 g/mol. The fourth-order valence-electron chi connectivity index (χ4n) is 0.890. The van der Waals surface area contributed by atoms with E-state index < -0.39 is 0 Å². The lowest BCUT2D eigenvalue weighted by molar-refractivity contribution is 0.372. The fourth-order valence-corrected chi connectivity index (χ4v) is 1.25. The van der Waals surface area contributed by atoms with E-state index in [-0.39, 0.29) is 4.87 Å². The van der Waals surface area contributed by atoms with Crippen molar-refractivity contribution in [3.05, 3.63) is 0 Å². The van der Waals surface area contributed by atoms with Gasteiger partial charge in [-0.1, -0.05) is 27.7 Å². The van der Waals surface area contributed by atoms with Crippen LogP contribution in [0.5, 0.6) is 0 Å². The van der Waals surface area contributed by atoms with Gasteiger partial charge in [0.05, 0.1) is 4.87 Å². The van der Waals surface area contributed by atoms with E-state index in [4.69, 9.17) is 5.73 Å². The SMILES string of the molecule is CC(C)CC(N)(S)C(C)C. The Bertz CT molecular complexity index is 97.4. The molecular weight excluding hydrogens is 142 g/mol. The quantitative estimate of drug-likeness (QED) is 0.482. The minimum absolute atomic E-state index is 0.284. The molecule has 0 aliphatic rings. The second-order valence-corrected chi connectivity index (χ2v) is 4.58. The van der Waals surface area contributed by atoms with E-state index in [2.05, 4.69) is 40.3 Å². The third-order valence-electron chi connectivity index (χ3n) is 1.74. The van der Waals surface area contributed by atoms with Gasteiger partial charge in [0.2, 0.25) is 0 Å². The molecule has 1 atom stereocenters. The molecule has 2 heteroatoms. The van der Waals surface area contributed by atoms with Crippen LogP contribution in [0.3, 0.4) is 0 Å². The van der Waals surface area contributed by atoms with Crippen molar-refractivity contribution in [2.45, 2.75) is 39.0 Å². The molecule has 0 aliphatic heterocycles. The zero-order chi connectivity index (χ0) is 8.36. The number of thiol groups is 1. The normalized spacial score (nSPS) is 18.0. The Labute approximate surface area is 69.8 Å². The maximum Gasteiger partial charge on any atom is 0.0616 e. The highest BCUT2D eigenvalue weighted by molar-refractivity contribution is 7.81. The van der Waals surface area contributed by atoms with E-state index in [1.54, 1.807) is 0 Å². The molecule has 0 saturated heterocycles. The Hall–Kier alpha value is 0.310. The van der Waals surface area contributed by atoms with Crippen molar-refractivity contribution >= 4 is 12.6 Å². The number of hydrogen-bond donors (Lipinski definition) is 2. The fraction of sp³-hybridized carbons (Fsp3) is 1.00. The van der Waals surface area contributed by atoms with Gasteiger partial charge in [-0.05, 0) is 18.3 Å². The molecule has 0 radical (unpaired) electrons. The predicted octanol–water partition coefficient (Wildman–Crippen LogP) is 2.27. The van der Waals surface area contributed by atoms with Crippen LogP contribution in [0.15, 0.2) is 0 Å². The van der Waals surface area contributed by atoms with Gasteiger partial charge in [-0.25, -0.2) is 0 Å². The molecule has 0 fully saturated rings. The first kappa shape index (κ1) is 10.3. The summed E-state index contributed by atoms with van der Waals surface area (Å²) < 4.78 is 0. The minimum Gasteiger partial charge on any atom is -0.317 e. The van der Waals surface area contributed by atoms with Crippen LogP contribution in [0.2, 0.25) is 0 Å². The van der Waals surface area contributed by atoms with Gasteiger partial charge in [-0.15, -0.1) is 0 Å². The van der Waals surface area contributed by atoms with E-state index in [9.17, 15) is 0 Å². The van der Waals surface area contributed by atoms with Crippen LogP contribution in [0.4, 0.5) is 0 Å². The van der Waals surface area contributed by atoms with Crippen LogP contribution in [-0.4, -0.2) is 4.87 Å². The first-order valence-corrected chi connectivity index (χ1v) is 4.32. The molecule has 0 spiro atoms. The Balaban J connectivity index is 3.87. The molecule has 0 heterocycles. The van der Waals surface area contributed by atoms with E-state index in [0.717, 1.165) is 6.42 Å². The molecule has 1 unspecified atom stereocenters. The van der Waals surface area contributed by atoms with Crippen molar-refractivity contribution in [2.24, 2.45) is 17.6 Å². The highest BCUT2D eigenvalue weighted by atomic mass is 32.1. The lowest BCUT2D eigenvalue weighted by atomic mass is 9.95. The smallest absolute Gasteiger partial charge is 0.0616 e. The standard InChI is InChI=1S/C8H19NS/c1-6(2)5-8(9,10)7(3)4/h6-7,10H,5,9H2,1-4H3. The van der Waals surface area contributed by atoms with E-state index in [1.807, 2.05) is 0 Å². The van der Waals surface area contributed by atoms with Crippen molar-refractivity contribution in [1.82, 2.24) is 0 Å². The van der Waals surface area contributed by atoms with Crippen LogP contribution in [0.25, 0.3) is 0 Å². The van der Waals surface area contributed by atoms with Gasteiger partial charge in [0.15, 0.2) is 0 Å². The Morgan fingerprint density at radius 3 is 1.80 bits per heavy atom. The monoisotopic (exact) mass is 161 g/mol. The summed E-state index contributed by atoms with van der Waals surface area (Å²) in [6.45, 7) is 8.55. The number of nitrogens with two attached hydrogens (primary N) is 1. The lowest BCUT2D eigenvalue weighted by Gasteiger charge is -2.29. The molecule has 0 bridgehead atoms. The van der Waals surface area contributed by atoms with Crippen LogP contribution in [0, 0.1) is 11.8 Å². The first-order chi connectivity index (χ1) is 4.36. The maximum absolute atomic E-state index is 5.92. The summed E-state index contributed by atoms with van der Waals surface area (Å²) in [7, 11) is 0. The van der Waals surface area contributed by atoms with Crippen molar-refractivity contribution in [3.63, 3.8) is 0 Å². The Kier molecular flexibility index (Phi) is 3.74. The summed E-state index contributed by atoms with van der Waals surface area (Å²) in [5, 5.41) is 0. The topological polar surface area (TPSA) is 26.0 Å². The molecule has 62 valence electrons. The molecule has 0 aliphatic carbocycles. The lowest BCUT2D eigenvalue weighted by Crippen LogP contribution is -2.40. The van der Waals surface area contributed by atoms with Gasteiger partial charge in [-0.3, -0.25) is 0 Å². The summed E-state index contributed by atoms with van der Waals surface area (Å²) in [5.74, 6) is 1.07. The molecule has 10 heavy (non-hydrogen) atoms. The van der Waals surface area contributed by atoms with Gasteiger partial charge in [0.25, 0.3) is 0 Å². The second-order valence-electron chi connectivity index (χ2n) is 3.74. The van der Waals surface area contributed by atoms with Crippen LogP contribution < -0.4 is 5.73 Å². The number of hydrogen-bond acceptors (Lipinski definition) is 2. The molecule has 2 N–H and O–H groups in total. The molecular formula is C8H19NS. The third-order valence-corrected chi connectivity index (χ3v) is 2.43. The first-order valence-electron chi connectivity index (χ1n) is 3.87. The van der Waals surface area contributed by atoms with Gasteiger partial charge >= 0.3 is 0 Å². The van der Waals surface area contributed by atoms with Gasteiger partial charge < -0.3 is 5.73 Å². The van der Waals surface area contributed by atoms with Gasteiger partial charge in [-0.2, -0.15) is 12.6 Å². The van der Waals surface area contributed by atoms with Gasteiger partial charge in [0.1, 0.15) is 0 Å². The van der Waals surface area contributed by atoms with E-state index in [0.29, 0.717) is 11.8 Å². The zero-order valence-electron chi connectivity index (χ0n) is 7.39. The molecule has 0 amide bonds. The summed E-state index contributed by atoms with van der Waals surface area (Å²) in [5.41, 5.74) is 5.92. The maximum atomic E-state index is 5.92. The van der Waals surface area contributed by atoms with Crippen molar-refractivity contribution in [1.29, 1.82) is 0 Å². The summed E-state index contributed by atoms with van der Waals surface area (Å²) >= 11 is 4.40. The molecule has 0 aromatic heterocycles. The highest BCUT2D eigenvalue weighted by Gasteiger charge is 2.24. The molecule has 1 nitrogen and oxygen atoms in total. The van der Waals surface area contributed by atoms with Crippen molar-refractivity contribution < 1.29 is 0 Å². The van der Waals surface area contributed by atoms with E-state index >= 15 is 0 Å². The second kappa shape index (κ2) is 3.63. The van der Waals surface area contributed by atoms with Crippen LogP contribution in [-0.2, 0) is 0 Å². The molecule has 0 aromatic carbocycles. The molecule has 0 aromatic rings.